The third-order valence-corrected chi connectivity index (χ3v) is 2.75. The Morgan fingerprint density at radius 2 is 2.25 bits per heavy atom. The van der Waals surface area contributed by atoms with Crippen LogP contribution in [0.3, 0.4) is 0 Å². The molecule has 1 rings (SSSR count). The molecule has 3 nitrogen and oxygen atoms in total. The van der Waals surface area contributed by atoms with Gasteiger partial charge in [0.25, 0.3) is 0 Å². The fraction of sp³-hybridized carbons (Fsp3) is 0.889. The van der Waals surface area contributed by atoms with Gasteiger partial charge in [-0.2, -0.15) is 0 Å². The number of hydrogen-bond donors (Lipinski definition) is 1. The molecule has 1 atom stereocenters. The number of carbonyl (C=O) groups is 1. The van der Waals surface area contributed by atoms with Gasteiger partial charge in [0.15, 0.2) is 0 Å². The zero-order chi connectivity index (χ0) is 9.14. The minimum Gasteiger partial charge on any atom is -0.343 e. The van der Waals surface area contributed by atoms with Gasteiger partial charge in [-0.25, -0.2) is 0 Å². The molecule has 1 unspecified atom stereocenters. The highest BCUT2D eigenvalue weighted by atomic mass is 16.2. The van der Waals surface area contributed by atoms with E-state index in [0.29, 0.717) is 12.6 Å². The monoisotopic (exact) mass is 170 g/mol. The predicted molar refractivity (Wildman–Crippen MR) is 48.6 cm³/mol. The Balaban J connectivity index is 2.39. The lowest BCUT2D eigenvalue weighted by Gasteiger charge is -2.36. The van der Waals surface area contributed by atoms with Crippen molar-refractivity contribution in [2.24, 2.45) is 11.7 Å². The van der Waals surface area contributed by atoms with E-state index in [9.17, 15) is 4.79 Å². The summed E-state index contributed by atoms with van der Waals surface area (Å²) in [6.45, 7) is 2.34. The van der Waals surface area contributed by atoms with Crippen LogP contribution >= 0.6 is 0 Å². The third-order valence-electron chi connectivity index (χ3n) is 2.75. The van der Waals surface area contributed by atoms with Crippen molar-refractivity contribution in [3.8, 4) is 0 Å². The van der Waals surface area contributed by atoms with Crippen LogP contribution in [-0.4, -0.2) is 30.4 Å². The maximum atomic E-state index is 11.6. The van der Waals surface area contributed by atoms with Crippen molar-refractivity contribution < 1.29 is 4.79 Å². The summed E-state index contributed by atoms with van der Waals surface area (Å²) in [5, 5.41) is 0. The van der Waals surface area contributed by atoms with Crippen LogP contribution in [0.5, 0.6) is 0 Å². The summed E-state index contributed by atoms with van der Waals surface area (Å²) in [6, 6.07) is 0.492. The van der Waals surface area contributed by atoms with Crippen molar-refractivity contribution in [3.63, 3.8) is 0 Å². The van der Waals surface area contributed by atoms with Crippen molar-refractivity contribution in [2.45, 2.75) is 32.2 Å². The number of carbonyl (C=O) groups excluding carboxylic acids is 1. The summed E-state index contributed by atoms with van der Waals surface area (Å²) in [5.74, 6) is 0.179. The van der Waals surface area contributed by atoms with Crippen LogP contribution in [0.25, 0.3) is 0 Å². The van der Waals surface area contributed by atoms with Gasteiger partial charge < -0.3 is 10.6 Å². The van der Waals surface area contributed by atoms with Crippen LogP contribution in [-0.2, 0) is 4.79 Å². The molecule has 0 heterocycles. The van der Waals surface area contributed by atoms with Gasteiger partial charge in [-0.3, -0.25) is 4.79 Å². The Bertz CT molecular complexity index is 166. The molecule has 0 bridgehead atoms. The number of amides is 1. The molecule has 0 aromatic heterocycles. The highest BCUT2D eigenvalue weighted by Gasteiger charge is 2.27. The molecule has 0 aromatic rings. The highest BCUT2D eigenvalue weighted by Crippen LogP contribution is 2.24. The van der Waals surface area contributed by atoms with E-state index in [4.69, 9.17) is 5.73 Å². The summed E-state index contributed by atoms with van der Waals surface area (Å²) in [6.07, 6.45) is 3.60. The van der Waals surface area contributed by atoms with Crippen LogP contribution in [0, 0.1) is 5.92 Å². The van der Waals surface area contributed by atoms with E-state index in [0.717, 1.165) is 0 Å². The molecule has 3 heteroatoms. The molecule has 0 radical (unpaired) electrons. The van der Waals surface area contributed by atoms with Crippen molar-refractivity contribution in [2.75, 3.05) is 13.6 Å². The molecular formula is C9H18N2O. The average molecular weight is 170 g/mol. The predicted octanol–water partition coefficient (Wildman–Crippen LogP) is 0.592. The molecule has 2 N–H and O–H groups in total. The maximum Gasteiger partial charge on any atom is 0.226 e. The second kappa shape index (κ2) is 3.90. The highest BCUT2D eigenvalue weighted by molar-refractivity contribution is 5.78. The van der Waals surface area contributed by atoms with Crippen LogP contribution in [0.2, 0.25) is 0 Å². The standard InChI is InChI=1S/C9H18N2O/c1-7(6-10)9(12)11(2)8-4-3-5-8/h7-8H,3-6,10H2,1-2H3. The van der Waals surface area contributed by atoms with Gasteiger partial charge in [-0.1, -0.05) is 6.92 Å². The van der Waals surface area contributed by atoms with Gasteiger partial charge in [0.2, 0.25) is 5.91 Å². The molecular weight excluding hydrogens is 152 g/mol. The quantitative estimate of drug-likeness (QED) is 0.674. The fourth-order valence-corrected chi connectivity index (χ4v) is 1.40. The lowest BCUT2D eigenvalue weighted by atomic mass is 9.91. The van der Waals surface area contributed by atoms with Crippen molar-refractivity contribution in [1.82, 2.24) is 4.90 Å². The van der Waals surface area contributed by atoms with E-state index in [-0.39, 0.29) is 11.8 Å². The molecule has 1 saturated carbocycles. The maximum absolute atomic E-state index is 11.6. The molecule has 1 aliphatic rings. The molecule has 1 fully saturated rings. The lowest BCUT2D eigenvalue weighted by Crippen LogP contribution is -2.44. The van der Waals surface area contributed by atoms with Crippen molar-refractivity contribution in [1.29, 1.82) is 0 Å². The third kappa shape index (κ3) is 1.78. The summed E-state index contributed by atoms with van der Waals surface area (Å²) < 4.78 is 0. The van der Waals surface area contributed by atoms with Crippen LogP contribution in [0.15, 0.2) is 0 Å². The average Bonchev–Trinajstić information content (AvgIpc) is 1.98. The van der Waals surface area contributed by atoms with Crippen LogP contribution < -0.4 is 5.73 Å². The molecule has 0 saturated heterocycles. The molecule has 0 aromatic carbocycles. The first kappa shape index (κ1) is 9.52. The molecule has 1 amide bonds. The SMILES string of the molecule is CC(CN)C(=O)N(C)C1CCC1. The Morgan fingerprint density at radius 3 is 2.58 bits per heavy atom. The van der Waals surface area contributed by atoms with Gasteiger partial charge in [0.05, 0.1) is 0 Å². The lowest BCUT2D eigenvalue weighted by molar-refractivity contribution is -0.136. The van der Waals surface area contributed by atoms with E-state index in [1.54, 1.807) is 0 Å². The van der Waals surface area contributed by atoms with E-state index in [2.05, 4.69) is 0 Å². The minimum atomic E-state index is -0.0180. The summed E-state index contributed by atoms with van der Waals surface area (Å²) in [7, 11) is 1.89. The first-order valence-corrected chi connectivity index (χ1v) is 4.63. The number of nitrogens with zero attached hydrogens (tertiary/aromatic N) is 1. The van der Waals surface area contributed by atoms with Crippen LogP contribution in [0.1, 0.15) is 26.2 Å². The normalized spacial score (nSPS) is 19.9. The van der Waals surface area contributed by atoms with Gasteiger partial charge in [-0.05, 0) is 19.3 Å². The summed E-state index contributed by atoms with van der Waals surface area (Å²) >= 11 is 0. The topological polar surface area (TPSA) is 46.3 Å². The second-order valence-electron chi connectivity index (χ2n) is 3.67. The molecule has 12 heavy (non-hydrogen) atoms. The smallest absolute Gasteiger partial charge is 0.226 e. The van der Waals surface area contributed by atoms with Gasteiger partial charge in [0, 0.05) is 25.6 Å². The zero-order valence-corrected chi connectivity index (χ0v) is 7.92. The summed E-state index contributed by atoms with van der Waals surface area (Å²) in [5.41, 5.74) is 5.42. The van der Waals surface area contributed by atoms with E-state index < -0.39 is 0 Å². The largest absolute Gasteiger partial charge is 0.343 e. The molecule has 0 spiro atoms. The molecule has 1 aliphatic carbocycles. The first-order valence-electron chi connectivity index (χ1n) is 4.63. The minimum absolute atomic E-state index is 0.0180. The number of hydrogen-bond acceptors (Lipinski definition) is 2. The van der Waals surface area contributed by atoms with E-state index in [1.165, 1.54) is 19.3 Å². The Kier molecular flexibility index (Phi) is 3.09. The first-order chi connectivity index (χ1) is 5.66. The number of rotatable bonds is 3. The Hall–Kier alpha value is -0.570. The van der Waals surface area contributed by atoms with Crippen molar-refractivity contribution in [3.05, 3.63) is 0 Å². The number of nitrogens with two attached hydrogens (primary N) is 1. The molecule has 70 valence electrons. The fourth-order valence-electron chi connectivity index (χ4n) is 1.40. The van der Waals surface area contributed by atoms with Crippen molar-refractivity contribution >= 4 is 5.91 Å². The second-order valence-corrected chi connectivity index (χ2v) is 3.67. The van der Waals surface area contributed by atoms with Gasteiger partial charge in [-0.15, -0.1) is 0 Å². The van der Waals surface area contributed by atoms with E-state index in [1.807, 2.05) is 18.9 Å². The Labute approximate surface area is 73.9 Å². The van der Waals surface area contributed by atoms with E-state index >= 15 is 0 Å². The zero-order valence-electron chi connectivity index (χ0n) is 7.92. The molecule has 0 aliphatic heterocycles. The Morgan fingerprint density at radius 1 is 1.67 bits per heavy atom. The van der Waals surface area contributed by atoms with Crippen LogP contribution in [0.4, 0.5) is 0 Å². The van der Waals surface area contributed by atoms with Gasteiger partial charge in [0.1, 0.15) is 0 Å². The van der Waals surface area contributed by atoms with Gasteiger partial charge >= 0.3 is 0 Å². The summed E-state index contributed by atoms with van der Waals surface area (Å²) in [4.78, 5) is 13.4.